The number of carbonyl (C=O) groups is 2. The van der Waals surface area contributed by atoms with Gasteiger partial charge in [0, 0.05) is 37.8 Å². The lowest BCUT2D eigenvalue weighted by Crippen LogP contribution is -2.45. The van der Waals surface area contributed by atoms with Gasteiger partial charge in [0.15, 0.2) is 5.79 Å². The summed E-state index contributed by atoms with van der Waals surface area (Å²) in [6, 6.07) is 8.36. The van der Waals surface area contributed by atoms with Crippen molar-refractivity contribution in [3.63, 3.8) is 0 Å². The fourth-order valence-electron chi connectivity index (χ4n) is 3.63. The predicted molar refractivity (Wildman–Crippen MR) is 106 cm³/mol. The molecular weight excluding hydrogens is 374 g/mol. The molecule has 1 amide bonds. The van der Waals surface area contributed by atoms with Crippen molar-refractivity contribution in [3.8, 4) is 0 Å². The maximum absolute atomic E-state index is 12.6. The normalized spacial score (nSPS) is 17.9. The molecule has 2 aromatic rings. The van der Waals surface area contributed by atoms with Gasteiger partial charge in [0.1, 0.15) is 0 Å². The number of pyridine rings is 1. The predicted octanol–water partition coefficient (Wildman–Crippen LogP) is 2.46. The van der Waals surface area contributed by atoms with Crippen LogP contribution in [0.5, 0.6) is 0 Å². The van der Waals surface area contributed by atoms with Crippen molar-refractivity contribution in [3.05, 3.63) is 53.9 Å². The van der Waals surface area contributed by atoms with Crippen LogP contribution < -0.4 is 10.2 Å². The minimum atomic E-state index is -0.435. The molecule has 2 saturated heterocycles. The Bertz CT molecular complexity index is 883. The second-order valence-electron chi connectivity index (χ2n) is 7.05. The zero-order chi connectivity index (χ0) is 20.3. The van der Waals surface area contributed by atoms with Gasteiger partial charge < -0.3 is 24.4 Å². The number of anilines is 2. The van der Waals surface area contributed by atoms with E-state index < -0.39 is 11.8 Å². The summed E-state index contributed by atoms with van der Waals surface area (Å²) in [6.07, 6.45) is 4.87. The largest absolute Gasteiger partial charge is 0.465 e. The van der Waals surface area contributed by atoms with Crippen LogP contribution in [0.15, 0.2) is 42.7 Å². The first-order valence-corrected chi connectivity index (χ1v) is 9.56. The monoisotopic (exact) mass is 397 g/mol. The lowest BCUT2D eigenvalue weighted by molar-refractivity contribution is -0.169. The van der Waals surface area contributed by atoms with Gasteiger partial charge in [-0.1, -0.05) is 0 Å². The summed E-state index contributed by atoms with van der Waals surface area (Å²) in [7, 11) is 1.33. The molecule has 1 spiro atoms. The third kappa shape index (κ3) is 4.23. The van der Waals surface area contributed by atoms with Crippen molar-refractivity contribution in [1.82, 2.24) is 4.98 Å². The highest BCUT2D eigenvalue weighted by Crippen LogP contribution is 2.33. The molecule has 0 unspecified atom stereocenters. The fraction of sp³-hybridized carbons (Fsp3) is 0.381. The number of hydrogen-bond acceptors (Lipinski definition) is 7. The zero-order valence-corrected chi connectivity index (χ0v) is 16.2. The van der Waals surface area contributed by atoms with Gasteiger partial charge in [-0.3, -0.25) is 9.78 Å². The molecule has 2 aliphatic rings. The lowest BCUT2D eigenvalue weighted by atomic mass is 10.0. The maximum atomic E-state index is 12.6. The van der Waals surface area contributed by atoms with E-state index in [1.54, 1.807) is 30.5 Å². The molecule has 29 heavy (non-hydrogen) atoms. The number of piperidine rings is 1. The molecule has 152 valence electrons. The van der Waals surface area contributed by atoms with E-state index in [2.05, 4.69) is 19.9 Å². The third-order valence-corrected chi connectivity index (χ3v) is 5.25. The fourth-order valence-corrected chi connectivity index (χ4v) is 3.63. The van der Waals surface area contributed by atoms with E-state index in [1.807, 2.05) is 6.07 Å². The van der Waals surface area contributed by atoms with Gasteiger partial charge in [0.25, 0.3) is 5.91 Å². The second-order valence-corrected chi connectivity index (χ2v) is 7.05. The van der Waals surface area contributed by atoms with Gasteiger partial charge in [-0.2, -0.15) is 0 Å². The quantitative estimate of drug-likeness (QED) is 0.793. The minimum Gasteiger partial charge on any atom is -0.465 e. The molecule has 4 rings (SSSR count). The summed E-state index contributed by atoms with van der Waals surface area (Å²) in [5, 5.41) is 2.82. The summed E-state index contributed by atoms with van der Waals surface area (Å²) in [4.78, 5) is 30.5. The van der Waals surface area contributed by atoms with Crippen molar-refractivity contribution in [2.45, 2.75) is 18.6 Å². The Morgan fingerprint density at radius 3 is 2.41 bits per heavy atom. The molecule has 0 bridgehead atoms. The minimum absolute atomic E-state index is 0.263. The molecule has 2 aliphatic heterocycles. The second kappa shape index (κ2) is 8.18. The highest BCUT2D eigenvalue weighted by atomic mass is 16.7. The maximum Gasteiger partial charge on any atom is 0.337 e. The zero-order valence-electron chi connectivity index (χ0n) is 16.2. The number of esters is 1. The van der Waals surface area contributed by atoms with Crippen LogP contribution in [-0.2, 0) is 14.2 Å². The number of nitrogens with zero attached hydrogens (tertiary/aromatic N) is 2. The summed E-state index contributed by atoms with van der Waals surface area (Å²) < 4.78 is 16.2. The van der Waals surface area contributed by atoms with Crippen molar-refractivity contribution in [2.24, 2.45) is 0 Å². The van der Waals surface area contributed by atoms with Crippen molar-refractivity contribution in [2.75, 3.05) is 43.6 Å². The Morgan fingerprint density at radius 1 is 1.07 bits per heavy atom. The lowest BCUT2D eigenvalue weighted by Gasteiger charge is -2.38. The molecule has 0 atom stereocenters. The standard InChI is InChI=1S/C21H23N3O5/c1-27-20(26)15-2-4-17(5-3-15)23-19(25)16-12-18(14-22-13-16)24-8-6-21(7-9-24)28-10-11-29-21/h2-5,12-14H,6-11H2,1H3,(H,23,25). The van der Waals surface area contributed by atoms with E-state index in [0.29, 0.717) is 30.0 Å². The Hall–Kier alpha value is -2.97. The van der Waals surface area contributed by atoms with Crippen LogP contribution in [0.4, 0.5) is 11.4 Å². The summed E-state index contributed by atoms with van der Waals surface area (Å²) in [5.74, 6) is -1.12. The highest BCUT2D eigenvalue weighted by molar-refractivity contribution is 6.04. The van der Waals surface area contributed by atoms with Gasteiger partial charge in [0.05, 0.1) is 43.3 Å². The molecule has 8 heteroatoms. The van der Waals surface area contributed by atoms with E-state index in [1.165, 1.54) is 13.3 Å². The molecule has 8 nitrogen and oxygen atoms in total. The van der Waals surface area contributed by atoms with E-state index in [4.69, 9.17) is 9.47 Å². The van der Waals surface area contributed by atoms with Crippen LogP contribution in [0.1, 0.15) is 33.6 Å². The van der Waals surface area contributed by atoms with Crippen molar-refractivity contribution >= 4 is 23.3 Å². The number of benzene rings is 1. The number of ether oxygens (including phenoxy) is 3. The average molecular weight is 397 g/mol. The van der Waals surface area contributed by atoms with Crippen molar-refractivity contribution < 1.29 is 23.8 Å². The van der Waals surface area contributed by atoms with Crippen LogP contribution >= 0.6 is 0 Å². The number of rotatable bonds is 4. The van der Waals surface area contributed by atoms with Crippen molar-refractivity contribution in [1.29, 1.82) is 0 Å². The highest BCUT2D eigenvalue weighted by Gasteiger charge is 2.39. The number of amides is 1. The van der Waals surface area contributed by atoms with E-state index >= 15 is 0 Å². The number of nitrogens with one attached hydrogen (secondary N) is 1. The molecule has 1 aromatic carbocycles. The molecule has 3 heterocycles. The molecule has 1 N–H and O–H groups in total. The molecule has 2 fully saturated rings. The molecule has 0 radical (unpaired) electrons. The Labute approximate surface area is 168 Å². The van der Waals surface area contributed by atoms with Gasteiger partial charge in [0.2, 0.25) is 0 Å². The first kappa shape index (κ1) is 19.4. The van der Waals surface area contributed by atoms with Gasteiger partial charge in [-0.25, -0.2) is 4.79 Å². The number of hydrogen-bond donors (Lipinski definition) is 1. The van der Waals surface area contributed by atoms with E-state index in [-0.39, 0.29) is 5.91 Å². The summed E-state index contributed by atoms with van der Waals surface area (Å²) in [6.45, 7) is 2.86. The molecule has 0 saturated carbocycles. The topological polar surface area (TPSA) is 90.0 Å². The first-order valence-electron chi connectivity index (χ1n) is 9.56. The Balaban J connectivity index is 1.40. The Morgan fingerprint density at radius 2 is 1.76 bits per heavy atom. The van der Waals surface area contributed by atoms with Crippen LogP contribution in [0.2, 0.25) is 0 Å². The van der Waals surface area contributed by atoms with Gasteiger partial charge in [-0.05, 0) is 30.3 Å². The van der Waals surface area contributed by atoms with E-state index in [0.717, 1.165) is 31.6 Å². The van der Waals surface area contributed by atoms with Crippen LogP contribution in [0, 0.1) is 0 Å². The third-order valence-electron chi connectivity index (χ3n) is 5.25. The van der Waals surface area contributed by atoms with Gasteiger partial charge >= 0.3 is 5.97 Å². The number of carbonyl (C=O) groups excluding carboxylic acids is 2. The Kier molecular flexibility index (Phi) is 5.46. The number of methoxy groups -OCH3 is 1. The first-order chi connectivity index (χ1) is 14.1. The van der Waals surface area contributed by atoms with Crippen LogP contribution in [0.25, 0.3) is 0 Å². The summed E-state index contributed by atoms with van der Waals surface area (Å²) in [5.41, 5.74) is 2.37. The molecule has 1 aromatic heterocycles. The van der Waals surface area contributed by atoms with Gasteiger partial charge in [-0.15, -0.1) is 0 Å². The van der Waals surface area contributed by atoms with E-state index in [9.17, 15) is 9.59 Å². The van der Waals surface area contributed by atoms with Crippen LogP contribution in [0.3, 0.4) is 0 Å². The average Bonchev–Trinajstić information content (AvgIpc) is 3.22. The summed E-state index contributed by atoms with van der Waals surface area (Å²) >= 11 is 0. The molecular formula is C21H23N3O5. The smallest absolute Gasteiger partial charge is 0.337 e. The van der Waals surface area contributed by atoms with Crippen LogP contribution in [-0.4, -0.2) is 56.1 Å². The molecule has 0 aliphatic carbocycles. The number of aromatic nitrogens is 1. The SMILES string of the molecule is COC(=O)c1ccc(NC(=O)c2cncc(N3CCC4(CC3)OCCO4)c2)cc1.